The highest BCUT2D eigenvalue weighted by Crippen LogP contribution is 2.53. The highest BCUT2D eigenvalue weighted by Gasteiger charge is 2.69. The lowest BCUT2D eigenvalue weighted by Crippen LogP contribution is -2.53. The summed E-state index contributed by atoms with van der Waals surface area (Å²) in [6.07, 6.45) is 1.68. The Morgan fingerprint density at radius 3 is 2.72 bits per heavy atom. The van der Waals surface area contributed by atoms with E-state index < -0.39 is 17.4 Å². The van der Waals surface area contributed by atoms with Crippen LogP contribution in [0.2, 0.25) is 0 Å². The molecule has 0 saturated carbocycles. The van der Waals surface area contributed by atoms with Gasteiger partial charge in [0.2, 0.25) is 17.7 Å². The molecular weight excluding hydrogens is 386 g/mol. The fourth-order valence-electron chi connectivity index (χ4n) is 4.53. The second-order valence-electron chi connectivity index (χ2n) is 7.07. The number of anilines is 1. The first kappa shape index (κ1) is 16.7. The average Bonchev–Trinajstić information content (AvgIpc) is 3.12. The Balaban J connectivity index is 1.83. The van der Waals surface area contributed by atoms with Gasteiger partial charge in [-0.05, 0) is 31.5 Å². The fraction of sp³-hybridized carbons (Fsp3) is 0.500. The maximum atomic E-state index is 13.1. The van der Waals surface area contributed by atoms with Gasteiger partial charge in [0.1, 0.15) is 5.54 Å². The predicted molar refractivity (Wildman–Crippen MR) is 95.7 cm³/mol. The minimum Gasteiger partial charge on any atom is -0.324 e. The zero-order valence-corrected chi connectivity index (χ0v) is 15.7. The first-order valence-corrected chi connectivity index (χ1v) is 9.45. The molecule has 2 fully saturated rings. The molecule has 2 saturated heterocycles. The second-order valence-corrected chi connectivity index (χ2v) is 7.99. The molecule has 2 N–H and O–H groups in total. The molecule has 0 unspecified atom stereocenters. The predicted octanol–water partition coefficient (Wildman–Crippen LogP) is 1.99. The van der Waals surface area contributed by atoms with Gasteiger partial charge >= 0.3 is 0 Å². The van der Waals surface area contributed by atoms with Crippen molar-refractivity contribution in [1.82, 2.24) is 10.2 Å². The van der Waals surface area contributed by atoms with E-state index in [0.29, 0.717) is 12.2 Å². The van der Waals surface area contributed by atoms with Crippen LogP contribution in [0.3, 0.4) is 0 Å². The van der Waals surface area contributed by atoms with Crippen molar-refractivity contribution in [3.63, 3.8) is 0 Å². The zero-order valence-electron chi connectivity index (χ0n) is 14.1. The molecule has 25 heavy (non-hydrogen) atoms. The Labute approximate surface area is 154 Å². The number of rotatable bonds is 3. The number of imide groups is 1. The number of benzene rings is 1. The first-order chi connectivity index (χ1) is 11.9. The normalized spacial score (nSPS) is 33.2. The summed E-state index contributed by atoms with van der Waals surface area (Å²) >= 11 is 3.45. The van der Waals surface area contributed by atoms with Gasteiger partial charge in [-0.25, -0.2) is 0 Å². The van der Waals surface area contributed by atoms with Gasteiger partial charge in [-0.15, -0.1) is 0 Å². The Morgan fingerprint density at radius 1 is 1.24 bits per heavy atom. The third-order valence-electron chi connectivity index (χ3n) is 5.65. The molecule has 0 radical (unpaired) electrons. The molecule has 0 aromatic heterocycles. The zero-order chi connectivity index (χ0) is 17.9. The summed E-state index contributed by atoms with van der Waals surface area (Å²) in [4.78, 5) is 40.3. The maximum absolute atomic E-state index is 13.1. The van der Waals surface area contributed by atoms with Gasteiger partial charge in [0.05, 0.1) is 11.8 Å². The molecule has 6 nitrogen and oxygen atoms in total. The SMILES string of the molecule is CCCCN1C(=O)[C@@H]2[C@H](C)N[C@]3(C(=O)Nc4ccc(Br)cc43)[C@@H]2C1=O. The van der Waals surface area contributed by atoms with Crippen molar-refractivity contribution in [1.29, 1.82) is 0 Å². The lowest BCUT2D eigenvalue weighted by atomic mass is 9.76. The summed E-state index contributed by atoms with van der Waals surface area (Å²) < 4.78 is 0.833. The van der Waals surface area contributed by atoms with Crippen molar-refractivity contribution >= 4 is 39.3 Å². The minimum atomic E-state index is -1.17. The number of unbranched alkanes of at least 4 members (excludes halogenated alkanes) is 1. The summed E-state index contributed by atoms with van der Waals surface area (Å²) in [7, 11) is 0. The van der Waals surface area contributed by atoms with E-state index in [1.807, 2.05) is 32.0 Å². The van der Waals surface area contributed by atoms with Crippen molar-refractivity contribution in [3.05, 3.63) is 28.2 Å². The molecule has 0 bridgehead atoms. The Bertz CT molecular complexity index is 796. The Kier molecular flexibility index (Phi) is 3.77. The van der Waals surface area contributed by atoms with E-state index >= 15 is 0 Å². The summed E-state index contributed by atoms with van der Waals surface area (Å²) in [5.41, 5.74) is 0.266. The fourth-order valence-corrected chi connectivity index (χ4v) is 4.89. The quantitative estimate of drug-likeness (QED) is 0.753. The summed E-state index contributed by atoms with van der Waals surface area (Å²) in [6.45, 7) is 4.33. The van der Waals surface area contributed by atoms with E-state index in [-0.39, 0.29) is 23.8 Å². The average molecular weight is 406 g/mol. The molecule has 1 aromatic rings. The van der Waals surface area contributed by atoms with Crippen LogP contribution in [0.5, 0.6) is 0 Å². The van der Waals surface area contributed by atoms with Gasteiger partial charge in [0, 0.05) is 28.3 Å². The molecule has 0 aliphatic carbocycles. The van der Waals surface area contributed by atoms with E-state index in [1.165, 1.54) is 4.90 Å². The van der Waals surface area contributed by atoms with Crippen LogP contribution in [0.25, 0.3) is 0 Å². The van der Waals surface area contributed by atoms with Gasteiger partial charge in [-0.2, -0.15) is 0 Å². The lowest BCUT2D eigenvalue weighted by Gasteiger charge is -2.29. The number of carbonyl (C=O) groups is 3. The van der Waals surface area contributed by atoms with E-state index in [9.17, 15) is 14.4 Å². The van der Waals surface area contributed by atoms with Crippen LogP contribution in [0.4, 0.5) is 5.69 Å². The van der Waals surface area contributed by atoms with Gasteiger partial charge in [-0.3, -0.25) is 24.6 Å². The van der Waals surface area contributed by atoms with E-state index in [0.717, 1.165) is 22.9 Å². The van der Waals surface area contributed by atoms with Crippen molar-refractivity contribution in [2.24, 2.45) is 11.8 Å². The first-order valence-electron chi connectivity index (χ1n) is 8.66. The largest absolute Gasteiger partial charge is 0.324 e. The summed E-state index contributed by atoms with van der Waals surface area (Å²) in [6, 6.07) is 5.29. The topological polar surface area (TPSA) is 78.5 Å². The Hall–Kier alpha value is -1.73. The molecule has 3 amide bonds. The number of likely N-dealkylation sites (tertiary alicyclic amines) is 1. The molecule has 3 aliphatic heterocycles. The van der Waals surface area contributed by atoms with Gasteiger partial charge in [-0.1, -0.05) is 29.3 Å². The van der Waals surface area contributed by atoms with E-state index in [4.69, 9.17) is 0 Å². The maximum Gasteiger partial charge on any atom is 0.250 e. The molecule has 7 heteroatoms. The third-order valence-corrected chi connectivity index (χ3v) is 6.14. The number of amides is 3. The number of hydrogen-bond acceptors (Lipinski definition) is 4. The minimum absolute atomic E-state index is 0.156. The monoisotopic (exact) mass is 405 g/mol. The standard InChI is InChI=1S/C18H20BrN3O3/c1-3-4-7-22-15(23)13-9(2)21-18(14(13)16(22)24)11-8-10(19)5-6-12(11)20-17(18)25/h5-6,8-9,13-14,21H,3-4,7H2,1-2H3,(H,20,25)/t9-,13+,14-,18-/m0/s1. The third kappa shape index (κ3) is 2.08. The van der Waals surface area contributed by atoms with Crippen molar-refractivity contribution in [2.45, 2.75) is 38.3 Å². The van der Waals surface area contributed by atoms with Crippen LogP contribution in [-0.2, 0) is 19.9 Å². The van der Waals surface area contributed by atoms with E-state index in [2.05, 4.69) is 26.6 Å². The van der Waals surface area contributed by atoms with Crippen LogP contribution in [0, 0.1) is 11.8 Å². The van der Waals surface area contributed by atoms with Crippen LogP contribution >= 0.6 is 15.9 Å². The molecule has 1 spiro atoms. The molecule has 3 heterocycles. The summed E-state index contributed by atoms with van der Waals surface area (Å²) in [5, 5.41) is 6.18. The number of fused-ring (bicyclic) bond motifs is 4. The van der Waals surface area contributed by atoms with Crippen molar-refractivity contribution < 1.29 is 14.4 Å². The van der Waals surface area contributed by atoms with Crippen molar-refractivity contribution in [2.75, 3.05) is 11.9 Å². The van der Waals surface area contributed by atoms with E-state index in [1.54, 1.807) is 0 Å². The highest BCUT2D eigenvalue weighted by molar-refractivity contribution is 9.10. The molecule has 1 aromatic carbocycles. The molecule has 4 rings (SSSR count). The number of nitrogens with one attached hydrogen (secondary N) is 2. The van der Waals surface area contributed by atoms with Crippen LogP contribution in [0.15, 0.2) is 22.7 Å². The summed E-state index contributed by atoms with van der Waals surface area (Å²) in [5.74, 6) is -1.83. The smallest absolute Gasteiger partial charge is 0.250 e. The van der Waals surface area contributed by atoms with Crippen molar-refractivity contribution in [3.8, 4) is 0 Å². The number of halogens is 1. The molecular formula is C18H20BrN3O3. The molecule has 4 atom stereocenters. The number of nitrogens with zero attached hydrogens (tertiary/aromatic N) is 1. The van der Waals surface area contributed by atoms with Crippen LogP contribution in [-0.4, -0.2) is 35.2 Å². The van der Waals surface area contributed by atoms with Gasteiger partial charge < -0.3 is 5.32 Å². The second kappa shape index (κ2) is 5.64. The molecule has 3 aliphatic rings. The molecule has 132 valence electrons. The van der Waals surface area contributed by atoms with Crippen LogP contribution < -0.4 is 10.6 Å². The van der Waals surface area contributed by atoms with Crippen LogP contribution in [0.1, 0.15) is 32.3 Å². The lowest BCUT2D eigenvalue weighted by molar-refractivity contribution is -0.142. The van der Waals surface area contributed by atoms with Gasteiger partial charge in [0.15, 0.2) is 0 Å². The highest BCUT2D eigenvalue weighted by atomic mass is 79.9. The number of hydrogen-bond donors (Lipinski definition) is 2. The van der Waals surface area contributed by atoms with Gasteiger partial charge in [0.25, 0.3) is 0 Å². The Morgan fingerprint density at radius 2 is 2.00 bits per heavy atom. The number of carbonyl (C=O) groups excluding carboxylic acids is 3.